The summed E-state index contributed by atoms with van der Waals surface area (Å²) in [6, 6.07) is 12.8. The molecule has 3 nitrogen and oxygen atoms in total. The van der Waals surface area contributed by atoms with Gasteiger partial charge in [-0.2, -0.15) is 0 Å². The average molecular weight is 305 g/mol. The minimum atomic E-state index is -0.0149. The molecular formula is C17H17ClO3. The first kappa shape index (κ1) is 15.4. The van der Waals surface area contributed by atoms with Crippen molar-refractivity contribution in [3.8, 4) is 11.5 Å². The number of ketones is 1. The second kappa shape index (κ2) is 7.14. The van der Waals surface area contributed by atoms with Crippen molar-refractivity contribution in [1.29, 1.82) is 0 Å². The number of carbonyl (C=O) groups excluding carboxylic acids is 1. The predicted molar refractivity (Wildman–Crippen MR) is 83.4 cm³/mol. The predicted octanol–water partition coefficient (Wildman–Crippen LogP) is 3.85. The van der Waals surface area contributed by atoms with E-state index in [-0.39, 0.29) is 18.8 Å². The summed E-state index contributed by atoms with van der Waals surface area (Å²) < 4.78 is 10.7. The van der Waals surface area contributed by atoms with Gasteiger partial charge in [-0.05, 0) is 31.2 Å². The first-order valence-electron chi connectivity index (χ1n) is 6.62. The first-order valence-corrected chi connectivity index (χ1v) is 7.00. The van der Waals surface area contributed by atoms with Crippen LogP contribution in [0.25, 0.3) is 0 Å². The molecule has 0 bridgehead atoms. The van der Waals surface area contributed by atoms with Crippen molar-refractivity contribution in [1.82, 2.24) is 0 Å². The molecule has 0 spiro atoms. The van der Waals surface area contributed by atoms with Crippen LogP contribution in [-0.4, -0.2) is 19.5 Å². The maximum Gasteiger partial charge on any atom is 0.174 e. The summed E-state index contributed by atoms with van der Waals surface area (Å²) >= 11 is 5.87. The summed E-state index contributed by atoms with van der Waals surface area (Å²) in [6.07, 6.45) is 0.283. The molecule has 0 saturated heterocycles. The highest BCUT2D eigenvalue weighted by Gasteiger charge is 2.10. The number of ether oxygens (including phenoxy) is 2. The molecule has 0 aliphatic carbocycles. The van der Waals surface area contributed by atoms with Crippen molar-refractivity contribution < 1.29 is 14.3 Å². The lowest BCUT2D eigenvalue weighted by Gasteiger charge is -2.10. The number of carbonyl (C=O) groups is 1. The molecule has 0 aliphatic heterocycles. The summed E-state index contributed by atoms with van der Waals surface area (Å²) in [5, 5.41) is 0.584. The summed E-state index contributed by atoms with van der Waals surface area (Å²) in [5.74, 6) is 1.29. The zero-order valence-corrected chi connectivity index (χ0v) is 12.8. The highest BCUT2D eigenvalue weighted by atomic mass is 35.5. The maximum atomic E-state index is 12.0. The number of aryl methyl sites for hydroxylation is 1. The third-order valence-electron chi connectivity index (χ3n) is 3.02. The number of hydrogen-bond acceptors (Lipinski definition) is 3. The molecule has 0 N–H and O–H groups in total. The van der Waals surface area contributed by atoms with E-state index >= 15 is 0 Å². The highest BCUT2D eigenvalue weighted by molar-refractivity contribution is 6.30. The molecule has 2 aromatic carbocycles. The van der Waals surface area contributed by atoms with Gasteiger partial charge >= 0.3 is 0 Å². The zero-order valence-electron chi connectivity index (χ0n) is 12.1. The molecule has 2 aromatic rings. The first-order chi connectivity index (χ1) is 10.1. The van der Waals surface area contributed by atoms with Crippen LogP contribution >= 0.6 is 11.6 Å². The molecule has 0 saturated carbocycles. The minimum absolute atomic E-state index is 0.0113. The Kier molecular flexibility index (Phi) is 5.23. The fraction of sp³-hybridized carbons (Fsp3) is 0.235. The minimum Gasteiger partial charge on any atom is -0.496 e. The number of halogens is 1. The standard InChI is InChI=1S/C17H17ClO3/c1-12-6-7-17(20-2)13(8-12)9-15(19)11-21-16-5-3-4-14(18)10-16/h3-8,10H,9,11H2,1-2H3. The van der Waals surface area contributed by atoms with Crippen LogP contribution in [0.3, 0.4) is 0 Å². The Morgan fingerprint density at radius 2 is 2.00 bits per heavy atom. The van der Waals surface area contributed by atoms with Gasteiger partial charge < -0.3 is 9.47 Å². The Balaban J connectivity index is 1.97. The molecule has 0 radical (unpaired) electrons. The Labute approximate surface area is 129 Å². The van der Waals surface area contributed by atoms with E-state index in [4.69, 9.17) is 21.1 Å². The zero-order chi connectivity index (χ0) is 15.2. The van der Waals surface area contributed by atoms with Crippen molar-refractivity contribution in [2.75, 3.05) is 13.7 Å². The molecule has 4 heteroatoms. The second-order valence-corrected chi connectivity index (χ2v) is 5.21. The van der Waals surface area contributed by atoms with Crippen LogP contribution in [0.2, 0.25) is 5.02 Å². The summed E-state index contributed by atoms with van der Waals surface area (Å²) in [7, 11) is 1.60. The molecule has 0 aliphatic rings. The van der Waals surface area contributed by atoms with Crippen LogP contribution in [0.1, 0.15) is 11.1 Å². The SMILES string of the molecule is COc1ccc(C)cc1CC(=O)COc1cccc(Cl)c1. The Morgan fingerprint density at radius 3 is 2.71 bits per heavy atom. The quantitative estimate of drug-likeness (QED) is 0.813. The molecule has 0 aromatic heterocycles. The van der Waals surface area contributed by atoms with Crippen molar-refractivity contribution in [3.63, 3.8) is 0 Å². The second-order valence-electron chi connectivity index (χ2n) is 4.78. The Bertz CT molecular complexity index is 638. The van der Waals surface area contributed by atoms with Crippen molar-refractivity contribution >= 4 is 17.4 Å². The van der Waals surface area contributed by atoms with Crippen LogP contribution < -0.4 is 9.47 Å². The van der Waals surface area contributed by atoms with Gasteiger partial charge in [-0.25, -0.2) is 0 Å². The lowest BCUT2D eigenvalue weighted by Crippen LogP contribution is -2.14. The van der Waals surface area contributed by atoms with Gasteiger partial charge in [0, 0.05) is 17.0 Å². The normalized spacial score (nSPS) is 10.2. The maximum absolute atomic E-state index is 12.0. The molecule has 110 valence electrons. The molecule has 0 amide bonds. The van der Waals surface area contributed by atoms with Crippen molar-refractivity contribution in [3.05, 3.63) is 58.6 Å². The Morgan fingerprint density at radius 1 is 1.19 bits per heavy atom. The third kappa shape index (κ3) is 4.50. The van der Waals surface area contributed by atoms with Gasteiger partial charge in [0.2, 0.25) is 0 Å². The van der Waals surface area contributed by atoms with E-state index in [1.807, 2.05) is 25.1 Å². The van der Waals surface area contributed by atoms with E-state index in [1.165, 1.54) is 0 Å². The van der Waals surface area contributed by atoms with E-state index in [1.54, 1.807) is 31.4 Å². The molecule has 2 rings (SSSR count). The van der Waals surface area contributed by atoms with E-state index in [0.29, 0.717) is 10.8 Å². The van der Waals surface area contributed by atoms with Gasteiger partial charge in [-0.1, -0.05) is 35.4 Å². The highest BCUT2D eigenvalue weighted by Crippen LogP contribution is 2.21. The van der Waals surface area contributed by atoms with Crippen LogP contribution in [0, 0.1) is 6.92 Å². The van der Waals surface area contributed by atoms with Crippen molar-refractivity contribution in [2.24, 2.45) is 0 Å². The molecule has 0 heterocycles. The molecule has 0 atom stereocenters. The summed E-state index contributed by atoms with van der Waals surface area (Å²) in [4.78, 5) is 12.0. The van der Waals surface area contributed by atoms with E-state index < -0.39 is 0 Å². The average Bonchev–Trinajstić information content (AvgIpc) is 2.45. The van der Waals surface area contributed by atoms with Crippen molar-refractivity contribution in [2.45, 2.75) is 13.3 Å². The molecule has 0 unspecified atom stereocenters. The van der Waals surface area contributed by atoms with Gasteiger partial charge in [0.15, 0.2) is 5.78 Å². The number of Topliss-reactive ketones (excluding diaryl/α,β-unsaturated/α-hetero) is 1. The molecule has 21 heavy (non-hydrogen) atoms. The van der Waals surface area contributed by atoms with Crippen LogP contribution in [0.5, 0.6) is 11.5 Å². The summed E-state index contributed by atoms with van der Waals surface area (Å²) in [5.41, 5.74) is 1.96. The van der Waals surface area contributed by atoms with Gasteiger partial charge in [0.05, 0.1) is 7.11 Å². The fourth-order valence-corrected chi connectivity index (χ4v) is 2.21. The van der Waals surface area contributed by atoms with E-state index in [9.17, 15) is 4.79 Å². The third-order valence-corrected chi connectivity index (χ3v) is 3.25. The monoisotopic (exact) mass is 304 g/mol. The Hall–Kier alpha value is -2.00. The fourth-order valence-electron chi connectivity index (χ4n) is 2.03. The van der Waals surface area contributed by atoms with Gasteiger partial charge in [-0.15, -0.1) is 0 Å². The van der Waals surface area contributed by atoms with Gasteiger partial charge in [0.25, 0.3) is 0 Å². The number of rotatable bonds is 6. The number of benzene rings is 2. The smallest absolute Gasteiger partial charge is 0.174 e. The summed E-state index contributed by atoms with van der Waals surface area (Å²) in [6.45, 7) is 1.99. The van der Waals surface area contributed by atoms with Gasteiger partial charge in [0.1, 0.15) is 18.1 Å². The van der Waals surface area contributed by atoms with E-state index in [0.717, 1.165) is 16.9 Å². The van der Waals surface area contributed by atoms with Gasteiger partial charge in [-0.3, -0.25) is 4.79 Å². The molecule has 0 fully saturated rings. The molecular weight excluding hydrogens is 288 g/mol. The topological polar surface area (TPSA) is 35.5 Å². The lowest BCUT2D eigenvalue weighted by molar-refractivity contribution is -0.120. The number of hydrogen-bond donors (Lipinski definition) is 0. The van der Waals surface area contributed by atoms with Crippen LogP contribution in [-0.2, 0) is 11.2 Å². The lowest BCUT2D eigenvalue weighted by atomic mass is 10.1. The van der Waals surface area contributed by atoms with E-state index in [2.05, 4.69) is 0 Å². The number of methoxy groups -OCH3 is 1. The van der Waals surface area contributed by atoms with Crippen LogP contribution in [0.4, 0.5) is 0 Å². The van der Waals surface area contributed by atoms with Crippen LogP contribution in [0.15, 0.2) is 42.5 Å². The largest absolute Gasteiger partial charge is 0.496 e.